The van der Waals surface area contributed by atoms with E-state index in [4.69, 9.17) is 14.2 Å². The van der Waals surface area contributed by atoms with E-state index < -0.39 is 5.79 Å². The third-order valence-electron chi connectivity index (χ3n) is 5.54. The largest absolute Gasteiger partial charge is 0.497 e. The molecular formula is C22H27N3O4. The van der Waals surface area contributed by atoms with E-state index in [2.05, 4.69) is 15.2 Å². The summed E-state index contributed by atoms with van der Waals surface area (Å²) >= 11 is 0. The van der Waals surface area contributed by atoms with Gasteiger partial charge in [-0.15, -0.1) is 0 Å². The maximum Gasteiger partial charge on any atom is 0.269 e. The van der Waals surface area contributed by atoms with Crippen LogP contribution in [0, 0.1) is 0 Å². The van der Waals surface area contributed by atoms with Gasteiger partial charge in [0, 0.05) is 44.4 Å². The highest BCUT2D eigenvalue weighted by atomic mass is 16.7. The summed E-state index contributed by atoms with van der Waals surface area (Å²) in [5, 5.41) is 2.95. The van der Waals surface area contributed by atoms with Crippen LogP contribution in [0.2, 0.25) is 0 Å². The van der Waals surface area contributed by atoms with Crippen molar-refractivity contribution in [2.75, 3.05) is 44.9 Å². The van der Waals surface area contributed by atoms with Crippen LogP contribution in [0.4, 0.5) is 5.69 Å². The Bertz CT molecular complexity index is 824. The highest BCUT2D eigenvalue weighted by molar-refractivity contribution is 5.93. The van der Waals surface area contributed by atoms with Gasteiger partial charge in [0.15, 0.2) is 5.79 Å². The molecular weight excluding hydrogens is 370 g/mol. The van der Waals surface area contributed by atoms with Crippen molar-refractivity contribution in [1.29, 1.82) is 0 Å². The Hall–Kier alpha value is -2.64. The summed E-state index contributed by atoms with van der Waals surface area (Å²) in [5.41, 5.74) is 2.59. The number of rotatable bonds is 6. The number of hydrogen-bond acceptors (Lipinski definition) is 6. The quantitative estimate of drug-likeness (QED) is 0.807. The van der Waals surface area contributed by atoms with Crippen molar-refractivity contribution in [3.05, 3.63) is 53.9 Å². The van der Waals surface area contributed by atoms with E-state index in [0.29, 0.717) is 25.5 Å². The van der Waals surface area contributed by atoms with E-state index in [9.17, 15) is 4.79 Å². The number of methoxy groups -OCH3 is 1. The molecule has 0 atom stereocenters. The lowest BCUT2D eigenvalue weighted by atomic mass is 10.0. The number of nitrogens with zero attached hydrogens (tertiary/aromatic N) is 2. The number of ether oxygens (including phenoxy) is 3. The number of carbonyl (C=O) groups is 1. The van der Waals surface area contributed by atoms with Gasteiger partial charge in [-0.25, -0.2) is 0 Å². The predicted octanol–water partition coefficient (Wildman–Crippen LogP) is 2.41. The Morgan fingerprint density at radius 1 is 1.17 bits per heavy atom. The van der Waals surface area contributed by atoms with Crippen LogP contribution in [0.15, 0.2) is 42.6 Å². The van der Waals surface area contributed by atoms with Crippen molar-refractivity contribution in [2.24, 2.45) is 0 Å². The summed E-state index contributed by atoms with van der Waals surface area (Å²) in [6.45, 7) is 3.58. The van der Waals surface area contributed by atoms with Gasteiger partial charge in [-0.05, 0) is 36.2 Å². The van der Waals surface area contributed by atoms with E-state index in [1.807, 2.05) is 36.4 Å². The Labute approximate surface area is 171 Å². The van der Waals surface area contributed by atoms with Gasteiger partial charge in [0.25, 0.3) is 5.91 Å². The molecule has 0 aliphatic carbocycles. The molecule has 2 aromatic rings. The SMILES string of the molecule is COc1ccc(CCNC(=O)c2cc(N3CCC4(CC3)OCCO4)ccn2)cc1. The average Bonchev–Trinajstić information content (AvgIpc) is 3.22. The third-order valence-corrected chi connectivity index (χ3v) is 5.54. The van der Waals surface area contributed by atoms with E-state index in [1.165, 1.54) is 0 Å². The lowest BCUT2D eigenvalue weighted by Crippen LogP contribution is -2.45. The molecule has 0 unspecified atom stereocenters. The van der Waals surface area contributed by atoms with Crippen molar-refractivity contribution in [3.63, 3.8) is 0 Å². The van der Waals surface area contributed by atoms with Crippen molar-refractivity contribution >= 4 is 11.6 Å². The number of pyridine rings is 1. The lowest BCUT2D eigenvalue weighted by Gasteiger charge is -2.38. The standard InChI is InChI=1S/C22H27N3O4/c1-27-19-4-2-17(3-5-19)6-10-24-21(26)20-16-18(7-11-23-20)25-12-8-22(9-13-25)28-14-15-29-22/h2-5,7,11,16H,6,8-10,12-15H2,1H3,(H,24,26). The minimum absolute atomic E-state index is 0.156. The number of hydrogen-bond donors (Lipinski definition) is 1. The van der Waals surface area contributed by atoms with Gasteiger partial charge in [-0.3, -0.25) is 9.78 Å². The Morgan fingerprint density at radius 3 is 2.59 bits per heavy atom. The topological polar surface area (TPSA) is 72.9 Å². The number of benzene rings is 1. The Morgan fingerprint density at radius 2 is 1.90 bits per heavy atom. The second-order valence-corrected chi connectivity index (χ2v) is 7.35. The minimum atomic E-state index is -0.398. The average molecular weight is 397 g/mol. The normalized spacial score (nSPS) is 18.0. The maximum atomic E-state index is 12.5. The summed E-state index contributed by atoms with van der Waals surface area (Å²) in [6, 6.07) is 11.7. The molecule has 29 heavy (non-hydrogen) atoms. The van der Waals surface area contributed by atoms with Crippen LogP contribution in [-0.2, 0) is 15.9 Å². The highest BCUT2D eigenvalue weighted by Gasteiger charge is 2.39. The number of piperidine rings is 1. The first-order chi connectivity index (χ1) is 14.2. The molecule has 1 aromatic heterocycles. The number of carbonyl (C=O) groups excluding carboxylic acids is 1. The molecule has 2 aliphatic rings. The van der Waals surface area contributed by atoms with Gasteiger partial charge in [-0.2, -0.15) is 0 Å². The molecule has 1 spiro atoms. The zero-order valence-electron chi connectivity index (χ0n) is 16.7. The van der Waals surface area contributed by atoms with Crippen molar-refractivity contribution in [3.8, 4) is 5.75 Å². The first kappa shape index (κ1) is 19.7. The fourth-order valence-electron chi connectivity index (χ4n) is 3.83. The van der Waals surface area contributed by atoms with Gasteiger partial charge < -0.3 is 24.4 Å². The van der Waals surface area contributed by atoms with Crippen molar-refractivity contribution < 1.29 is 19.0 Å². The van der Waals surface area contributed by atoms with Crippen LogP contribution >= 0.6 is 0 Å². The summed E-state index contributed by atoms with van der Waals surface area (Å²) in [5.74, 6) is 0.273. The molecule has 1 N–H and O–H groups in total. The van der Waals surface area contributed by atoms with E-state index in [0.717, 1.165) is 49.4 Å². The second-order valence-electron chi connectivity index (χ2n) is 7.35. The van der Waals surface area contributed by atoms with Gasteiger partial charge >= 0.3 is 0 Å². The zero-order chi connectivity index (χ0) is 20.1. The Balaban J connectivity index is 1.30. The molecule has 1 aromatic carbocycles. The van der Waals surface area contributed by atoms with Crippen LogP contribution in [0.3, 0.4) is 0 Å². The first-order valence-corrected chi connectivity index (χ1v) is 10.1. The molecule has 3 heterocycles. The summed E-state index contributed by atoms with van der Waals surface area (Å²) in [6.07, 6.45) is 4.11. The van der Waals surface area contributed by atoms with Crippen LogP contribution in [0.25, 0.3) is 0 Å². The summed E-state index contributed by atoms with van der Waals surface area (Å²) in [7, 11) is 1.65. The molecule has 0 bridgehead atoms. The Kier molecular flexibility index (Phi) is 5.97. The van der Waals surface area contributed by atoms with Gasteiger partial charge in [0.1, 0.15) is 11.4 Å². The van der Waals surface area contributed by atoms with Crippen molar-refractivity contribution in [1.82, 2.24) is 10.3 Å². The first-order valence-electron chi connectivity index (χ1n) is 10.1. The van der Waals surface area contributed by atoms with Crippen LogP contribution < -0.4 is 15.0 Å². The van der Waals surface area contributed by atoms with Gasteiger partial charge in [0.2, 0.25) is 0 Å². The molecule has 7 nitrogen and oxygen atoms in total. The minimum Gasteiger partial charge on any atom is -0.497 e. The van der Waals surface area contributed by atoms with E-state index in [1.54, 1.807) is 13.3 Å². The monoisotopic (exact) mass is 397 g/mol. The summed E-state index contributed by atoms with van der Waals surface area (Å²) in [4.78, 5) is 19.0. The fraction of sp³-hybridized carbons (Fsp3) is 0.455. The maximum absolute atomic E-state index is 12.5. The van der Waals surface area contributed by atoms with Gasteiger partial charge in [-0.1, -0.05) is 12.1 Å². The number of aromatic nitrogens is 1. The fourth-order valence-corrected chi connectivity index (χ4v) is 3.83. The molecule has 154 valence electrons. The molecule has 2 saturated heterocycles. The highest BCUT2D eigenvalue weighted by Crippen LogP contribution is 2.33. The number of anilines is 1. The predicted molar refractivity (Wildman–Crippen MR) is 109 cm³/mol. The molecule has 4 rings (SSSR count). The third kappa shape index (κ3) is 4.68. The van der Waals surface area contributed by atoms with Crippen LogP contribution in [0.5, 0.6) is 5.75 Å². The van der Waals surface area contributed by atoms with Crippen molar-refractivity contribution in [2.45, 2.75) is 25.0 Å². The lowest BCUT2D eigenvalue weighted by molar-refractivity contribution is -0.169. The smallest absolute Gasteiger partial charge is 0.269 e. The second kappa shape index (κ2) is 8.80. The summed E-state index contributed by atoms with van der Waals surface area (Å²) < 4.78 is 16.7. The van der Waals surface area contributed by atoms with E-state index >= 15 is 0 Å². The molecule has 2 aliphatic heterocycles. The van der Waals surface area contributed by atoms with Gasteiger partial charge in [0.05, 0.1) is 20.3 Å². The van der Waals surface area contributed by atoms with Crippen LogP contribution in [-0.4, -0.2) is 56.6 Å². The van der Waals surface area contributed by atoms with Crippen LogP contribution in [0.1, 0.15) is 28.9 Å². The zero-order valence-corrected chi connectivity index (χ0v) is 16.7. The number of nitrogens with one attached hydrogen (secondary N) is 1. The molecule has 7 heteroatoms. The van der Waals surface area contributed by atoms with E-state index in [-0.39, 0.29) is 5.91 Å². The molecule has 0 radical (unpaired) electrons. The number of amides is 1. The molecule has 0 saturated carbocycles. The molecule has 1 amide bonds. The molecule has 2 fully saturated rings.